The second kappa shape index (κ2) is 5.12. The zero-order valence-electron chi connectivity index (χ0n) is 10.6. The summed E-state index contributed by atoms with van der Waals surface area (Å²) in [5.41, 5.74) is -2.18. The van der Waals surface area contributed by atoms with Gasteiger partial charge in [0.25, 0.3) is 0 Å². The molecule has 0 spiro atoms. The number of benzene rings is 1. The van der Waals surface area contributed by atoms with E-state index in [2.05, 4.69) is 9.97 Å². The van der Waals surface area contributed by atoms with Gasteiger partial charge in [-0.1, -0.05) is 6.07 Å². The predicted molar refractivity (Wildman–Crippen MR) is 64.1 cm³/mol. The Morgan fingerprint density at radius 1 is 1.24 bits per heavy atom. The molecule has 0 saturated carbocycles. The van der Waals surface area contributed by atoms with E-state index in [1.165, 1.54) is 6.92 Å². The van der Waals surface area contributed by atoms with Crippen molar-refractivity contribution in [2.45, 2.75) is 13.1 Å². The minimum atomic E-state index is -4.86. The molecule has 0 aliphatic rings. The highest BCUT2D eigenvalue weighted by atomic mass is 19.4. The largest absolute Gasteiger partial charge is 0.477 e. The Morgan fingerprint density at radius 2 is 1.90 bits per heavy atom. The van der Waals surface area contributed by atoms with Gasteiger partial charge in [-0.3, -0.25) is 0 Å². The Morgan fingerprint density at radius 3 is 2.48 bits per heavy atom. The fourth-order valence-corrected chi connectivity index (χ4v) is 1.72. The summed E-state index contributed by atoms with van der Waals surface area (Å²) in [6.45, 7) is 1.43. The third kappa shape index (κ3) is 2.99. The number of halogens is 4. The first-order chi connectivity index (χ1) is 9.70. The Balaban J connectivity index is 2.65. The molecule has 0 aliphatic heterocycles. The van der Waals surface area contributed by atoms with Crippen molar-refractivity contribution in [3.8, 4) is 11.4 Å². The van der Waals surface area contributed by atoms with Crippen LogP contribution in [-0.2, 0) is 6.18 Å². The van der Waals surface area contributed by atoms with Crippen LogP contribution in [0.25, 0.3) is 11.4 Å². The number of hydrogen-bond donors (Lipinski definition) is 1. The monoisotopic (exact) mass is 300 g/mol. The lowest BCUT2D eigenvalue weighted by Gasteiger charge is -2.11. The molecule has 0 aliphatic carbocycles. The Bertz CT molecular complexity index is 714. The van der Waals surface area contributed by atoms with Crippen LogP contribution in [0.15, 0.2) is 24.3 Å². The van der Waals surface area contributed by atoms with Gasteiger partial charge in [-0.15, -0.1) is 0 Å². The summed E-state index contributed by atoms with van der Waals surface area (Å²) >= 11 is 0. The molecule has 1 aromatic carbocycles. The van der Waals surface area contributed by atoms with E-state index in [1.54, 1.807) is 0 Å². The molecule has 4 nitrogen and oxygen atoms in total. The molecule has 1 heterocycles. The molecule has 0 amide bonds. The quantitative estimate of drug-likeness (QED) is 0.864. The van der Waals surface area contributed by atoms with E-state index in [0.717, 1.165) is 18.2 Å². The second-order valence-electron chi connectivity index (χ2n) is 4.19. The summed E-state index contributed by atoms with van der Waals surface area (Å²) in [7, 11) is 0. The molecular formula is C13H8F4N2O2. The minimum Gasteiger partial charge on any atom is -0.477 e. The molecule has 0 atom stereocenters. The van der Waals surface area contributed by atoms with Gasteiger partial charge in [0.1, 0.15) is 5.82 Å². The SMILES string of the molecule is Cc1cc(C(=O)O)nc(-c2cccc(C(F)(F)F)c2F)n1. The molecule has 0 bridgehead atoms. The number of carboxylic acids is 1. The molecule has 2 aromatic rings. The van der Waals surface area contributed by atoms with Crippen molar-refractivity contribution in [2.75, 3.05) is 0 Å². The van der Waals surface area contributed by atoms with E-state index < -0.39 is 40.6 Å². The fourth-order valence-electron chi connectivity index (χ4n) is 1.72. The van der Waals surface area contributed by atoms with Gasteiger partial charge in [0.2, 0.25) is 0 Å². The van der Waals surface area contributed by atoms with E-state index >= 15 is 0 Å². The minimum absolute atomic E-state index is 0.203. The maximum absolute atomic E-state index is 14.0. The second-order valence-corrected chi connectivity index (χ2v) is 4.19. The standard InChI is InChI=1S/C13H8F4N2O2/c1-6-5-9(12(20)21)19-11(18-6)7-3-2-4-8(10(7)14)13(15,16)17/h2-5H,1H3,(H,20,21). The molecule has 0 unspecified atom stereocenters. The first-order valence-corrected chi connectivity index (χ1v) is 5.65. The van der Waals surface area contributed by atoms with Gasteiger partial charge in [0.05, 0.1) is 11.1 Å². The number of hydrogen-bond acceptors (Lipinski definition) is 3. The topological polar surface area (TPSA) is 63.1 Å². The van der Waals surface area contributed by atoms with Crippen molar-refractivity contribution in [3.05, 3.63) is 47.0 Å². The van der Waals surface area contributed by atoms with Crippen LogP contribution < -0.4 is 0 Å². The van der Waals surface area contributed by atoms with Crippen molar-refractivity contribution in [2.24, 2.45) is 0 Å². The predicted octanol–water partition coefficient (Wildman–Crippen LogP) is 3.31. The van der Waals surface area contributed by atoms with Gasteiger partial charge >= 0.3 is 12.1 Å². The number of carboxylic acid groups (broad SMARTS) is 1. The van der Waals surface area contributed by atoms with E-state index in [4.69, 9.17) is 5.11 Å². The van der Waals surface area contributed by atoms with Crippen LogP contribution in [0.4, 0.5) is 17.6 Å². The first-order valence-electron chi connectivity index (χ1n) is 5.65. The first kappa shape index (κ1) is 14.9. The van der Waals surface area contributed by atoms with Crippen molar-refractivity contribution in [1.29, 1.82) is 0 Å². The van der Waals surface area contributed by atoms with Crippen LogP contribution >= 0.6 is 0 Å². The highest BCUT2D eigenvalue weighted by molar-refractivity contribution is 5.86. The Labute approximate surface area is 116 Å². The maximum atomic E-state index is 14.0. The van der Waals surface area contributed by atoms with Crippen molar-refractivity contribution >= 4 is 5.97 Å². The van der Waals surface area contributed by atoms with Gasteiger partial charge < -0.3 is 5.11 Å². The molecule has 0 saturated heterocycles. The van der Waals surface area contributed by atoms with Gasteiger partial charge in [-0.2, -0.15) is 13.2 Å². The number of aromatic carboxylic acids is 1. The Kier molecular flexibility index (Phi) is 3.63. The lowest BCUT2D eigenvalue weighted by Crippen LogP contribution is -2.10. The fraction of sp³-hybridized carbons (Fsp3) is 0.154. The molecule has 0 radical (unpaired) electrons. The van der Waals surface area contributed by atoms with E-state index in [9.17, 15) is 22.4 Å². The number of rotatable bonds is 2. The average Bonchev–Trinajstić information content (AvgIpc) is 2.36. The molecule has 1 aromatic heterocycles. The van der Waals surface area contributed by atoms with Crippen LogP contribution in [0.2, 0.25) is 0 Å². The summed E-state index contributed by atoms with van der Waals surface area (Å²) in [5.74, 6) is -3.32. The lowest BCUT2D eigenvalue weighted by atomic mass is 10.1. The third-order valence-electron chi connectivity index (χ3n) is 2.62. The Hall–Kier alpha value is -2.51. The highest BCUT2D eigenvalue weighted by Crippen LogP contribution is 2.34. The molecule has 1 N–H and O–H groups in total. The summed E-state index contributed by atoms with van der Waals surface area (Å²) in [4.78, 5) is 18.2. The zero-order valence-corrected chi connectivity index (χ0v) is 10.6. The summed E-state index contributed by atoms with van der Waals surface area (Å²) in [5, 5.41) is 8.87. The van der Waals surface area contributed by atoms with Gasteiger partial charge in [0.15, 0.2) is 11.5 Å². The van der Waals surface area contributed by atoms with Crippen molar-refractivity contribution in [1.82, 2.24) is 9.97 Å². The molecule has 110 valence electrons. The lowest BCUT2D eigenvalue weighted by molar-refractivity contribution is -0.139. The van der Waals surface area contributed by atoms with Crippen LogP contribution in [-0.4, -0.2) is 21.0 Å². The van der Waals surface area contributed by atoms with Crippen molar-refractivity contribution < 1.29 is 27.5 Å². The van der Waals surface area contributed by atoms with E-state index in [1.807, 2.05) is 0 Å². The summed E-state index contributed by atoms with van der Waals surface area (Å²) in [6, 6.07) is 3.79. The third-order valence-corrected chi connectivity index (χ3v) is 2.62. The van der Waals surface area contributed by atoms with Crippen molar-refractivity contribution in [3.63, 3.8) is 0 Å². The smallest absolute Gasteiger partial charge is 0.419 e. The number of aryl methyl sites for hydroxylation is 1. The molecule has 2 rings (SSSR count). The summed E-state index contributed by atoms with van der Waals surface area (Å²) in [6.07, 6.45) is -4.86. The number of aromatic nitrogens is 2. The number of nitrogens with zero attached hydrogens (tertiary/aromatic N) is 2. The van der Waals surface area contributed by atoms with E-state index in [-0.39, 0.29) is 5.69 Å². The molecule has 0 fully saturated rings. The van der Waals surface area contributed by atoms with Gasteiger partial charge in [-0.05, 0) is 25.1 Å². The number of carbonyl (C=O) groups is 1. The molecular weight excluding hydrogens is 292 g/mol. The molecule has 8 heteroatoms. The van der Waals surface area contributed by atoms with Crippen LogP contribution in [0.5, 0.6) is 0 Å². The van der Waals surface area contributed by atoms with Gasteiger partial charge in [-0.25, -0.2) is 19.2 Å². The van der Waals surface area contributed by atoms with E-state index in [0.29, 0.717) is 6.07 Å². The van der Waals surface area contributed by atoms with Crippen LogP contribution in [0, 0.1) is 12.7 Å². The van der Waals surface area contributed by atoms with Gasteiger partial charge in [0, 0.05) is 5.69 Å². The maximum Gasteiger partial charge on any atom is 0.419 e. The van der Waals surface area contributed by atoms with Crippen LogP contribution in [0.1, 0.15) is 21.7 Å². The highest BCUT2D eigenvalue weighted by Gasteiger charge is 2.35. The molecule has 21 heavy (non-hydrogen) atoms. The number of alkyl halides is 3. The zero-order chi connectivity index (χ0) is 15.8. The summed E-state index contributed by atoms with van der Waals surface area (Å²) < 4.78 is 51.9. The average molecular weight is 300 g/mol. The normalized spacial score (nSPS) is 11.5. The van der Waals surface area contributed by atoms with Crippen LogP contribution in [0.3, 0.4) is 0 Å².